The number of anilines is 2. The fraction of sp³-hybridized carbons (Fsp3) is 0.174. The number of halogens is 3. The number of alkyl halides is 2. The van der Waals surface area contributed by atoms with E-state index in [2.05, 4.69) is 19.7 Å². The predicted molar refractivity (Wildman–Crippen MR) is 126 cm³/mol. The highest BCUT2D eigenvalue weighted by atomic mass is 32.2. The van der Waals surface area contributed by atoms with Crippen molar-refractivity contribution in [2.45, 2.75) is 19.8 Å². The zero-order valence-electron chi connectivity index (χ0n) is 18.4. The molecule has 0 fully saturated rings. The number of nitrogens with one attached hydrogen (secondary N) is 1. The summed E-state index contributed by atoms with van der Waals surface area (Å²) in [5.41, 5.74) is 7.00. The molecule has 0 aliphatic heterocycles. The lowest BCUT2D eigenvalue weighted by molar-refractivity contribution is 0.145. The van der Waals surface area contributed by atoms with Crippen LogP contribution in [-0.4, -0.2) is 35.5 Å². The van der Waals surface area contributed by atoms with Crippen LogP contribution in [-0.2, 0) is 10.0 Å². The molecule has 0 aliphatic carbocycles. The Morgan fingerprint density at radius 3 is 2.57 bits per heavy atom. The van der Waals surface area contributed by atoms with Crippen molar-refractivity contribution in [3.8, 4) is 22.9 Å². The van der Waals surface area contributed by atoms with Gasteiger partial charge in [0.05, 0.1) is 22.7 Å². The summed E-state index contributed by atoms with van der Waals surface area (Å²) in [6.07, 6.45) is -0.659. The highest BCUT2D eigenvalue weighted by molar-refractivity contribution is 7.92. The molecule has 2 aromatic carbocycles. The molecular formula is C23H20F3N5O3S. The van der Waals surface area contributed by atoms with Crippen LogP contribution >= 0.6 is 0 Å². The van der Waals surface area contributed by atoms with Gasteiger partial charge in [0.1, 0.15) is 11.6 Å². The van der Waals surface area contributed by atoms with Crippen molar-refractivity contribution in [3.05, 3.63) is 66.2 Å². The van der Waals surface area contributed by atoms with E-state index in [1.165, 1.54) is 24.5 Å². The molecule has 8 nitrogen and oxygen atoms in total. The molecule has 0 bridgehead atoms. The molecule has 0 spiro atoms. The third kappa shape index (κ3) is 5.43. The van der Waals surface area contributed by atoms with Gasteiger partial charge in [0.25, 0.3) is 0 Å². The topological polar surface area (TPSA) is 120 Å². The minimum atomic E-state index is -4.22. The van der Waals surface area contributed by atoms with Crippen LogP contribution in [0.1, 0.15) is 12.0 Å². The summed E-state index contributed by atoms with van der Waals surface area (Å²) in [7, 11) is -4.22. The number of fused-ring (bicyclic) bond motifs is 1. The van der Waals surface area contributed by atoms with Gasteiger partial charge in [0.2, 0.25) is 28.3 Å². The summed E-state index contributed by atoms with van der Waals surface area (Å²) in [6, 6.07) is 10.7. The van der Waals surface area contributed by atoms with Crippen LogP contribution in [0.5, 0.6) is 11.6 Å². The molecule has 0 unspecified atom stereocenters. The summed E-state index contributed by atoms with van der Waals surface area (Å²) < 4.78 is 72.5. The Kier molecular flexibility index (Phi) is 6.74. The molecule has 0 saturated heterocycles. The highest BCUT2D eigenvalue weighted by Gasteiger charge is 2.21. The summed E-state index contributed by atoms with van der Waals surface area (Å²) in [6.45, 7) is 1.76. The van der Waals surface area contributed by atoms with Gasteiger partial charge in [0, 0.05) is 29.6 Å². The van der Waals surface area contributed by atoms with Gasteiger partial charge in [-0.2, -0.15) is 0 Å². The normalized spacial score (nSPS) is 11.7. The summed E-state index contributed by atoms with van der Waals surface area (Å²) in [5.74, 6) is -1.15. The first-order chi connectivity index (χ1) is 16.6. The van der Waals surface area contributed by atoms with Gasteiger partial charge in [-0.15, -0.1) is 0 Å². The van der Waals surface area contributed by atoms with Crippen LogP contribution in [0.4, 0.5) is 24.8 Å². The summed E-state index contributed by atoms with van der Waals surface area (Å²) in [5, 5.41) is 0.576. The van der Waals surface area contributed by atoms with E-state index >= 15 is 0 Å². The SMILES string of the molecule is Cc1ccc2c(NS(=O)(=O)CCC(F)F)c(F)ccc2c1Oc1ncccc1-c1ccnc(N)n1. The van der Waals surface area contributed by atoms with Crippen molar-refractivity contribution in [2.24, 2.45) is 0 Å². The molecule has 4 rings (SSSR count). The van der Waals surface area contributed by atoms with Gasteiger partial charge in [-0.05, 0) is 42.8 Å². The van der Waals surface area contributed by atoms with Crippen LogP contribution in [0, 0.1) is 12.7 Å². The molecule has 3 N–H and O–H groups in total. The maximum absolute atomic E-state index is 14.7. The first-order valence-corrected chi connectivity index (χ1v) is 12.0. The highest BCUT2D eigenvalue weighted by Crippen LogP contribution is 2.39. The number of nitrogen functional groups attached to an aromatic ring is 1. The minimum Gasteiger partial charge on any atom is -0.437 e. The molecule has 35 heavy (non-hydrogen) atoms. The number of nitrogens with two attached hydrogens (primary N) is 1. The third-order valence-corrected chi connectivity index (χ3v) is 6.37. The minimum absolute atomic E-state index is 0.0675. The van der Waals surface area contributed by atoms with Crippen molar-refractivity contribution in [1.82, 2.24) is 15.0 Å². The fourth-order valence-corrected chi connectivity index (χ4v) is 4.55. The number of sulfonamides is 1. The number of benzene rings is 2. The van der Waals surface area contributed by atoms with E-state index < -0.39 is 34.4 Å². The van der Waals surface area contributed by atoms with E-state index in [1.54, 1.807) is 31.2 Å². The first kappa shape index (κ1) is 24.2. The van der Waals surface area contributed by atoms with Crippen molar-refractivity contribution in [3.63, 3.8) is 0 Å². The molecule has 182 valence electrons. The van der Waals surface area contributed by atoms with E-state index in [4.69, 9.17) is 10.5 Å². The summed E-state index contributed by atoms with van der Waals surface area (Å²) >= 11 is 0. The summed E-state index contributed by atoms with van der Waals surface area (Å²) in [4.78, 5) is 12.4. The van der Waals surface area contributed by atoms with Gasteiger partial charge in [-0.25, -0.2) is 36.5 Å². The van der Waals surface area contributed by atoms with Crippen LogP contribution in [0.15, 0.2) is 54.9 Å². The zero-order chi connectivity index (χ0) is 25.2. The monoisotopic (exact) mass is 503 g/mol. The number of ether oxygens (including phenoxy) is 1. The Hall–Kier alpha value is -3.93. The third-order valence-electron chi connectivity index (χ3n) is 5.08. The number of hydrogen-bond acceptors (Lipinski definition) is 7. The smallest absolute Gasteiger partial charge is 0.239 e. The van der Waals surface area contributed by atoms with Gasteiger partial charge in [-0.1, -0.05) is 12.1 Å². The van der Waals surface area contributed by atoms with Crippen LogP contribution < -0.4 is 15.2 Å². The lowest BCUT2D eigenvalue weighted by Gasteiger charge is -2.17. The van der Waals surface area contributed by atoms with Gasteiger partial charge in [0.15, 0.2) is 0 Å². The Labute approximate surface area is 199 Å². The number of rotatable bonds is 8. The predicted octanol–water partition coefficient (Wildman–Crippen LogP) is 4.91. The molecule has 4 aromatic rings. The fourth-order valence-electron chi connectivity index (χ4n) is 3.44. The van der Waals surface area contributed by atoms with E-state index in [0.717, 1.165) is 6.07 Å². The second-order valence-electron chi connectivity index (χ2n) is 7.59. The molecule has 0 atom stereocenters. The second-order valence-corrected chi connectivity index (χ2v) is 9.43. The van der Waals surface area contributed by atoms with Crippen LogP contribution in [0.3, 0.4) is 0 Å². The number of aromatic nitrogens is 3. The van der Waals surface area contributed by atoms with E-state index in [-0.39, 0.29) is 22.9 Å². The van der Waals surface area contributed by atoms with Crippen LogP contribution in [0.25, 0.3) is 22.0 Å². The average Bonchev–Trinajstić information content (AvgIpc) is 2.81. The van der Waals surface area contributed by atoms with E-state index in [1.807, 2.05) is 0 Å². The Balaban J connectivity index is 1.78. The average molecular weight is 504 g/mol. The Morgan fingerprint density at radius 2 is 1.83 bits per heavy atom. The van der Waals surface area contributed by atoms with Crippen LogP contribution in [0.2, 0.25) is 0 Å². The largest absolute Gasteiger partial charge is 0.437 e. The van der Waals surface area contributed by atoms with Gasteiger partial charge in [-0.3, -0.25) is 4.72 Å². The van der Waals surface area contributed by atoms with Gasteiger partial charge < -0.3 is 10.5 Å². The number of nitrogens with zero attached hydrogens (tertiary/aromatic N) is 3. The Morgan fingerprint density at radius 1 is 1.06 bits per heavy atom. The quantitative estimate of drug-likeness (QED) is 0.350. The zero-order valence-corrected chi connectivity index (χ0v) is 19.2. The maximum Gasteiger partial charge on any atom is 0.239 e. The number of hydrogen-bond donors (Lipinski definition) is 2. The molecular weight excluding hydrogens is 483 g/mol. The number of pyridine rings is 1. The van der Waals surface area contributed by atoms with Crippen molar-refractivity contribution in [1.29, 1.82) is 0 Å². The van der Waals surface area contributed by atoms with Crippen molar-refractivity contribution in [2.75, 3.05) is 16.2 Å². The lowest BCUT2D eigenvalue weighted by atomic mass is 10.0. The van der Waals surface area contributed by atoms with Crippen molar-refractivity contribution >= 4 is 32.4 Å². The van der Waals surface area contributed by atoms with Crippen molar-refractivity contribution < 1.29 is 26.3 Å². The van der Waals surface area contributed by atoms with E-state index in [0.29, 0.717) is 28.0 Å². The maximum atomic E-state index is 14.7. The molecule has 0 aliphatic rings. The van der Waals surface area contributed by atoms with Gasteiger partial charge >= 0.3 is 0 Å². The standard InChI is InChI=1S/C23H20F3N5O3S/c1-13-4-5-14-15(6-7-17(24)20(14)31-35(32,33)12-9-19(25)26)21(13)34-22-16(3-2-10-28-22)18-8-11-29-23(27)30-18/h2-8,10-11,19,31H,9,12H2,1H3,(H2,27,29,30). The number of aryl methyl sites for hydroxylation is 1. The van der Waals surface area contributed by atoms with E-state index in [9.17, 15) is 21.6 Å². The molecule has 12 heteroatoms. The lowest BCUT2D eigenvalue weighted by Crippen LogP contribution is -2.19. The molecule has 0 saturated carbocycles. The second kappa shape index (κ2) is 9.74. The molecule has 2 aromatic heterocycles. The molecule has 0 radical (unpaired) electrons. The first-order valence-electron chi connectivity index (χ1n) is 10.4. The molecule has 2 heterocycles. The Bertz CT molecular complexity index is 1500. The molecule has 0 amide bonds.